The number of aryl methyl sites for hydroxylation is 3. The van der Waals surface area contributed by atoms with Crippen LogP contribution in [0.1, 0.15) is 51.4 Å². The number of benzene rings is 3. The third kappa shape index (κ3) is 5.25. The zero-order chi connectivity index (χ0) is 22.7. The molecule has 1 aliphatic heterocycles. The summed E-state index contributed by atoms with van der Waals surface area (Å²) in [4.78, 5) is 14.3. The molecule has 4 heteroatoms. The maximum Gasteiger partial charge on any atom is 0.237 e. The molecule has 0 fully saturated rings. The molecule has 0 bridgehead atoms. The first kappa shape index (κ1) is 22.6. The van der Waals surface area contributed by atoms with Gasteiger partial charge in [-0.1, -0.05) is 60.2 Å². The van der Waals surface area contributed by atoms with E-state index in [-0.39, 0.29) is 11.9 Å². The fraction of sp³-hybridized carbons (Fsp3) is 0.321. The topological polar surface area (TPSA) is 55.1 Å². The number of nitrogens with one attached hydrogen (secondary N) is 1. The van der Waals surface area contributed by atoms with Gasteiger partial charge >= 0.3 is 0 Å². The molecule has 3 aromatic carbocycles. The van der Waals surface area contributed by atoms with Crippen LogP contribution in [0.25, 0.3) is 0 Å². The Labute approximate surface area is 195 Å². The maximum absolute atomic E-state index is 13.0. The number of fused-ring (bicyclic) bond motifs is 1. The van der Waals surface area contributed by atoms with E-state index in [9.17, 15) is 4.79 Å². The smallest absolute Gasteiger partial charge is 0.237 e. The number of thioether (sulfide) groups is 1. The molecule has 0 aromatic heterocycles. The molecule has 1 aliphatic rings. The molecule has 0 saturated carbocycles. The number of nitrogens with two attached hydrogens (primary N) is 1. The summed E-state index contributed by atoms with van der Waals surface area (Å²) in [6, 6.07) is 21.0. The Morgan fingerprint density at radius 1 is 1.03 bits per heavy atom. The second kappa shape index (κ2) is 9.93. The fourth-order valence-electron chi connectivity index (χ4n) is 4.66. The van der Waals surface area contributed by atoms with E-state index in [0.717, 1.165) is 18.6 Å². The average molecular weight is 445 g/mol. The van der Waals surface area contributed by atoms with Gasteiger partial charge in [-0.2, -0.15) is 0 Å². The molecule has 2 atom stereocenters. The molecule has 4 rings (SSSR count). The SMILES string of the molecule is Cc1cc(C)c(C[C@H](N)C(=O)N[C@@H]2CCSc3ccc(Cc4ccccc4)cc32)c(C)c1. The van der Waals surface area contributed by atoms with Gasteiger partial charge in [0.05, 0.1) is 12.1 Å². The zero-order valence-electron chi connectivity index (χ0n) is 19.2. The summed E-state index contributed by atoms with van der Waals surface area (Å²) in [5, 5.41) is 3.26. The molecule has 3 nitrogen and oxygen atoms in total. The van der Waals surface area contributed by atoms with Crippen LogP contribution < -0.4 is 11.1 Å². The van der Waals surface area contributed by atoms with Gasteiger partial charge in [0.2, 0.25) is 5.91 Å². The summed E-state index contributed by atoms with van der Waals surface area (Å²) in [5.41, 5.74) is 15.0. The van der Waals surface area contributed by atoms with Gasteiger partial charge in [0.15, 0.2) is 0 Å². The molecule has 0 radical (unpaired) electrons. The van der Waals surface area contributed by atoms with Crippen LogP contribution in [0.2, 0.25) is 0 Å². The molecule has 0 unspecified atom stereocenters. The van der Waals surface area contributed by atoms with E-state index in [1.807, 2.05) is 17.8 Å². The number of hydrogen-bond donors (Lipinski definition) is 2. The lowest BCUT2D eigenvalue weighted by molar-refractivity contribution is -0.123. The summed E-state index contributed by atoms with van der Waals surface area (Å²) >= 11 is 1.87. The first-order valence-corrected chi connectivity index (χ1v) is 12.3. The Balaban J connectivity index is 1.48. The van der Waals surface area contributed by atoms with Crippen molar-refractivity contribution in [2.45, 2.75) is 57.0 Å². The summed E-state index contributed by atoms with van der Waals surface area (Å²) in [6.45, 7) is 6.30. The van der Waals surface area contributed by atoms with Gasteiger partial charge in [-0.3, -0.25) is 4.79 Å². The van der Waals surface area contributed by atoms with Crippen LogP contribution in [0.15, 0.2) is 65.6 Å². The summed E-state index contributed by atoms with van der Waals surface area (Å²) in [5.74, 6) is 0.933. The van der Waals surface area contributed by atoms with Crippen LogP contribution in [0, 0.1) is 20.8 Å². The highest BCUT2D eigenvalue weighted by Crippen LogP contribution is 2.37. The molecule has 1 amide bonds. The molecule has 3 N–H and O–H groups in total. The Hall–Kier alpha value is -2.56. The third-order valence-electron chi connectivity index (χ3n) is 6.28. The fourth-order valence-corrected chi connectivity index (χ4v) is 5.76. The highest BCUT2D eigenvalue weighted by molar-refractivity contribution is 7.99. The van der Waals surface area contributed by atoms with Crippen LogP contribution in [0.5, 0.6) is 0 Å². The largest absolute Gasteiger partial charge is 0.348 e. The van der Waals surface area contributed by atoms with E-state index in [1.54, 1.807) is 0 Å². The van der Waals surface area contributed by atoms with Crippen LogP contribution in [0.3, 0.4) is 0 Å². The average Bonchev–Trinajstić information content (AvgIpc) is 2.77. The monoisotopic (exact) mass is 444 g/mol. The normalized spacial score (nSPS) is 16.3. The lowest BCUT2D eigenvalue weighted by Crippen LogP contribution is -2.44. The molecule has 32 heavy (non-hydrogen) atoms. The first-order chi connectivity index (χ1) is 15.4. The third-order valence-corrected chi connectivity index (χ3v) is 7.41. The Kier molecular flexibility index (Phi) is 7.02. The Bertz CT molecular complexity index is 1090. The van der Waals surface area contributed by atoms with Gasteiger partial charge in [-0.05, 0) is 79.5 Å². The van der Waals surface area contributed by atoms with Crippen molar-refractivity contribution in [1.29, 1.82) is 0 Å². The first-order valence-electron chi connectivity index (χ1n) is 11.3. The molecule has 3 aromatic rings. The summed E-state index contributed by atoms with van der Waals surface area (Å²) < 4.78 is 0. The van der Waals surface area contributed by atoms with Crippen molar-refractivity contribution in [3.8, 4) is 0 Å². The Morgan fingerprint density at radius 3 is 2.47 bits per heavy atom. The predicted molar refractivity (Wildman–Crippen MR) is 134 cm³/mol. The van der Waals surface area contributed by atoms with Crippen LogP contribution in [-0.4, -0.2) is 17.7 Å². The molecular weight excluding hydrogens is 412 g/mol. The van der Waals surface area contributed by atoms with Crippen LogP contribution in [-0.2, 0) is 17.6 Å². The van der Waals surface area contributed by atoms with Gasteiger partial charge < -0.3 is 11.1 Å². The van der Waals surface area contributed by atoms with Gasteiger partial charge in [-0.25, -0.2) is 0 Å². The van der Waals surface area contributed by atoms with Gasteiger partial charge in [0.1, 0.15) is 0 Å². The molecule has 0 saturated heterocycles. The van der Waals surface area contributed by atoms with Crippen LogP contribution >= 0.6 is 11.8 Å². The highest BCUT2D eigenvalue weighted by Gasteiger charge is 2.25. The minimum atomic E-state index is -0.555. The van der Waals surface area contributed by atoms with Crippen molar-refractivity contribution < 1.29 is 4.79 Å². The Morgan fingerprint density at radius 2 is 1.75 bits per heavy atom. The number of rotatable bonds is 6. The minimum Gasteiger partial charge on any atom is -0.348 e. The van der Waals surface area contributed by atoms with E-state index in [1.165, 1.54) is 43.8 Å². The number of amides is 1. The van der Waals surface area contributed by atoms with Gasteiger partial charge in [0, 0.05) is 10.6 Å². The van der Waals surface area contributed by atoms with Gasteiger partial charge in [0.25, 0.3) is 0 Å². The number of hydrogen-bond acceptors (Lipinski definition) is 3. The quantitative estimate of drug-likeness (QED) is 0.533. The zero-order valence-corrected chi connectivity index (χ0v) is 20.0. The maximum atomic E-state index is 13.0. The van der Waals surface area contributed by atoms with Crippen molar-refractivity contribution >= 4 is 17.7 Å². The lowest BCUT2D eigenvalue weighted by Gasteiger charge is -2.28. The van der Waals surface area contributed by atoms with Crippen molar-refractivity contribution in [2.75, 3.05) is 5.75 Å². The van der Waals surface area contributed by atoms with Crippen molar-refractivity contribution in [2.24, 2.45) is 5.73 Å². The van der Waals surface area contributed by atoms with Crippen molar-refractivity contribution in [3.05, 3.63) is 99.6 Å². The second-order valence-corrected chi connectivity index (χ2v) is 10.1. The minimum absolute atomic E-state index is 0.0146. The van der Waals surface area contributed by atoms with Crippen molar-refractivity contribution in [1.82, 2.24) is 5.32 Å². The standard InChI is InChI=1S/C28H32N2OS/c1-18-13-19(2)23(20(3)14-18)17-25(29)28(31)30-26-11-12-32-27-10-9-22(16-24(26)27)15-21-7-5-4-6-8-21/h4-10,13-14,16,25-26H,11-12,15,17,29H2,1-3H3,(H,30,31)/t25-,26+/m0/s1. The molecule has 1 heterocycles. The highest BCUT2D eigenvalue weighted by atomic mass is 32.2. The van der Waals surface area contributed by atoms with E-state index in [2.05, 4.69) is 80.7 Å². The van der Waals surface area contributed by atoms with E-state index in [0.29, 0.717) is 6.42 Å². The van der Waals surface area contributed by atoms with E-state index in [4.69, 9.17) is 5.73 Å². The summed E-state index contributed by atoms with van der Waals surface area (Å²) in [7, 11) is 0. The summed E-state index contributed by atoms with van der Waals surface area (Å²) in [6.07, 6.45) is 2.38. The second-order valence-electron chi connectivity index (χ2n) is 8.92. The lowest BCUT2D eigenvalue weighted by atomic mass is 9.94. The van der Waals surface area contributed by atoms with Gasteiger partial charge in [-0.15, -0.1) is 11.8 Å². The van der Waals surface area contributed by atoms with E-state index >= 15 is 0 Å². The molecule has 0 aliphatic carbocycles. The van der Waals surface area contributed by atoms with Crippen molar-refractivity contribution in [3.63, 3.8) is 0 Å². The molecular formula is C28H32N2OS. The molecule has 0 spiro atoms. The predicted octanol–water partition coefficient (Wildman–Crippen LogP) is 5.43. The number of carbonyl (C=O) groups excluding carboxylic acids is 1. The number of carbonyl (C=O) groups is 1. The molecule has 166 valence electrons. The van der Waals surface area contributed by atoms with E-state index < -0.39 is 6.04 Å². The van der Waals surface area contributed by atoms with Crippen LogP contribution in [0.4, 0.5) is 0 Å².